The molecule has 2 heterocycles. The molecule has 3 rings (SSSR count). The van der Waals surface area contributed by atoms with Crippen molar-refractivity contribution in [3.63, 3.8) is 0 Å². The molecular formula is C18H22FN5O5S. The number of carbonyl (C=O) groups excluding carboxylic acids is 2. The number of nitrogens with one attached hydrogen (secondary N) is 2. The number of imidazole rings is 1. The quantitative estimate of drug-likeness (QED) is 0.612. The maximum atomic E-state index is 14.7. The second-order valence-corrected chi connectivity index (χ2v) is 8.96. The Balaban J connectivity index is 1.89. The molecule has 162 valence electrons. The smallest absolute Gasteiger partial charge is 0.326 e. The van der Waals surface area contributed by atoms with E-state index in [1.54, 1.807) is 11.8 Å². The summed E-state index contributed by atoms with van der Waals surface area (Å²) in [6.07, 6.45) is 2.29. The third-order valence-electron chi connectivity index (χ3n) is 4.50. The predicted octanol–water partition coefficient (Wildman–Crippen LogP) is 0.889. The van der Waals surface area contributed by atoms with E-state index in [-0.39, 0.29) is 17.1 Å². The standard InChI is InChI=1S/C18H22FN5O5S/c1-10(2)4-5-20-18(27)17-21-13(8-23(17)3)11-6-12(19)16(14(25)7-11)24-9-15(26)22-30(24,28)29/h6-8,10,25H,4-5,9H2,1-3H3,(H,20,27)(H,22,26). The molecule has 3 N–H and O–H groups in total. The minimum absolute atomic E-state index is 0.106. The van der Waals surface area contributed by atoms with Crippen LogP contribution in [0.4, 0.5) is 10.1 Å². The van der Waals surface area contributed by atoms with Crippen LogP contribution >= 0.6 is 0 Å². The number of aromatic nitrogens is 2. The van der Waals surface area contributed by atoms with Gasteiger partial charge < -0.3 is 15.0 Å². The summed E-state index contributed by atoms with van der Waals surface area (Å²) in [6, 6.07) is 2.11. The Kier molecular flexibility index (Phi) is 5.70. The van der Waals surface area contributed by atoms with Crippen molar-refractivity contribution in [2.45, 2.75) is 20.3 Å². The first-order valence-electron chi connectivity index (χ1n) is 9.17. The maximum Gasteiger partial charge on any atom is 0.326 e. The van der Waals surface area contributed by atoms with Crippen LogP contribution in [0.25, 0.3) is 11.3 Å². The van der Waals surface area contributed by atoms with Gasteiger partial charge in [-0.25, -0.2) is 18.4 Å². The van der Waals surface area contributed by atoms with E-state index in [0.29, 0.717) is 16.8 Å². The number of aryl methyl sites for hydroxylation is 1. The van der Waals surface area contributed by atoms with Crippen LogP contribution in [0.15, 0.2) is 18.3 Å². The molecule has 0 radical (unpaired) electrons. The van der Waals surface area contributed by atoms with Gasteiger partial charge in [-0.05, 0) is 24.5 Å². The molecule has 0 spiro atoms. The highest BCUT2D eigenvalue weighted by atomic mass is 32.2. The van der Waals surface area contributed by atoms with Crippen molar-refractivity contribution in [3.05, 3.63) is 30.0 Å². The lowest BCUT2D eigenvalue weighted by Crippen LogP contribution is -2.30. The van der Waals surface area contributed by atoms with E-state index < -0.39 is 45.8 Å². The number of hydrogen-bond acceptors (Lipinski definition) is 6. The number of phenolic OH excluding ortho intramolecular Hbond substituents is 1. The molecule has 1 saturated heterocycles. The molecule has 1 aromatic carbocycles. The zero-order valence-corrected chi connectivity index (χ0v) is 17.5. The van der Waals surface area contributed by atoms with E-state index in [0.717, 1.165) is 18.6 Å². The molecular weight excluding hydrogens is 417 g/mol. The summed E-state index contributed by atoms with van der Waals surface area (Å²) in [5, 5.41) is 13.0. The van der Waals surface area contributed by atoms with Crippen LogP contribution in [-0.4, -0.2) is 48.0 Å². The molecule has 30 heavy (non-hydrogen) atoms. The van der Waals surface area contributed by atoms with Crippen LogP contribution in [0.1, 0.15) is 30.9 Å². The summed E-state index contributed by atoms with van der Waals surface area (Å²) >= 11 is 0. The molecule has 0 atom stereocenters. The molecule has 1 aromatic heterocycles. The van der Waals surface area contributed by atoms with Gasteiger partial charge in [0.1, 0.15) is 18.0 Å². The second kappa shape index (κ2) is 7.94. The number of carbonyl (C=O) groups is 2. The Morgan fingerprint density at radius 1 is 1.40 bits per heavy atom. The lowest BCUT2D eigenvalue weighted by atomic mass is 10.1. The van der Waals surface area contributed by atoms with Crippen molar-refractivity contribution >= 4 is 27.7 Å². The third-order valence-corrected chi connectivity index (χ3v) is 5.87. The van der Waals surface area contributed by atoms with Crippen LogP contribution in [0.5, 0.6) is 5.75 Å². The fourth-order valence-electron chi connectivity index (χ4n) is 3.00. The van der Waals surface area contributed by atoms with Gasteiger partial charge in [-0.15, -0.1) is 0 Å². The van der Waals surface area contributed by atoms with Crippen LogP contribution in [0.2, 0.25) is 0 Å². The molecule has 1 aliphatic heterocycles. The Morgan fingerprint density at radius 3 is 2.67 bits per heavy atom. The van der Waals surface area contributed by atoms with E-state index in [1.165, 1.54) is 10.8 Å². The highest BCUT2D eigenvalue weighted by Crippen LogP contribution is 2.37. The van der Waals surface area contributed by atoms with Gasteiger partial charge in [0.2, 0.25) is 0 Å². The van der Waals surface area contributed by atoms with Gasteiger partial charge in [-0.2, -0.15) is 8.42 Å². The number of halogens is 1. The Morgan fingerprint density at radius 2 is 2.10 bits per heavy atom. The molecule has 10 nitrogen and oxygen atoms in total. The molecule has 2 aromatic rings. The van der Waals surface area contributed by atoms with E-state index >= 15 is 0 Å². The van der Waals surface area contributed by atoms with Gasteiger partial charge in [-0.1, -0.05) is 13.8 Å². The van der Waals surface area contributed by atoms with Crippen molar-refractivity contribution < 1.29 is 27.5 Å². The number of amides is 2. The number of hydrogen-bond donors (Lipinski definition) is 3. The van der Waals surface area contributed by atoms with Gasteiger partial charge in [0.25, 0.3) is 11.8 Å². The summed E-state index contributed by atoms with van der Waals surface area (Å²) in [7, 11) is -2.68. The lowest BCUT2D eigenvalue weighted by Gasteiger charge is -2.17. The fourth-order valence-corrected chi connectivity index (χ4v) is 4.17. The molecule has 1 aliphatic rings. The van der Waals surface area contributed by atoms with E-state index in [4.69, 9.17) is 0 Å². The van der Waals surface area contributed by atoms with Gasteiger partial charge in [0.05, 0.1) is 5.69 Å². The first kappa shape index (κ1) is 21.6. The Bertz CT molecular complexity index is 1090. The van der Waals surface area contributed by atoms with E-state index in [2.05, 4.69) is 10.3 Å². The van der Waals surface area contributed by atoms with E-state index in [1.807, 2.05) is 13.8 Å². The average molecular weight is 439 g/mol. The van der Waals surface area contributed by atoms with Crippen molar-refractivity contribution in [2.75, 3.05) is 17.4 Å². The highest BCUT2D eigenvalue weighted by molar-refractivity contribution is 7.92. The molecule has 2 amide bonds. The molecule has 12 heteroatoms. The lowest BCUT2D eigenvalue weighted by molar-refractivity contribution is -0.117. The fraction of sp³-hybridized carbons (Fsp3) is 0.389. The molecule has 0 saturated carbocycles. The number of rotatable bonds is 6. The SMILES string of the molecule is CC(C)CCNC(=O)c1nc(-c2cc(O)c(N3CC(=O)NS3(=O)=O)c(F)c2)cn1C. The van der Waals surface area contributed by atoms with Crippen molar-refractivity contribution in [1.82, 2.24) is 19.6 Å². The molecule has 0 aliphatic carbocycles. The minimum atomic E-state index is -4.28. The minimum Gasteiger partial charge on any atom is -0.506 e. The largest absolute Gasteiger partial charge is 0.506 e. The van der Waals surface area contributed by atoms with Crippen LogP contribution in [-0.2, 0) is 22.1 Å². The van der Waals surface area contributed by atoms with Crippen molar-refractivity contribution in [2.24, 2.45) is 13.0 Å². The average Bonchev–Trinajstić information content (AvgIpc) is 3.13. The van der Waals surface area contributed by atoms with Gasteiger partial charge in [-0.3, -0.25) is 9.59 Å². The van der Waals surface area contributed by atoms with Crippen LogP contribution in [0, 0.1) is 11.7 Å². The second-order valence-electron chi connectivity index (χ2n) is 7.36. The number of benzene rings is 1. The number of anilines is 1. The normalized spacial score (nSPS) is 15.5. The first-order valence-corrected chi connectivity index (χ1v) is 10.6. The number of aromatic hydroxyl groups is 1. The summed E-state index contributed by atoms with van der Waals surface area (Å²) in [5.41, 5.74) is -0.285. The summed E-state index contributed by atoms with van der Waals surface area (Å²) in [6.45, 7) is 3.92. The van der Waals surface area contributed by atoms with E-state index in [9.17, 15) is 27.5 Å². The van der Waals surface area contributed by atoms with Gasteiger partial charge in [0, 0.05) is 25.4 Å². The van der Waals surface area contributed by atoms with Crippen molar-refractivity contribution in [1.29, 1.82) is 0 Å². The predicted molar refractivity (Wildman–Crippen MR) is 106 cm³/mol. The summed E-state index contributed by atoms with van der Waals surface area (Å²) in [5.74, 6) is -2.43. The molecule has 0 unspecified atom stereocenters. The maximum absolute atomic E-state index is 14.7. The summed E-state index contributed by atoms with van der Waals surface area (Å²) < 4.78 is 42.2. The van der Waals surface area contributed by atoms with Crippen LogP contribution < -0.4 is 14.3 Å². The zero-order valence-electron chi connectivity index (χ0n) is 16.6. The monoisotopic (exact) mass is 439 g/mol. The van der Waals surface area contributed by atoms with Crippen LogP contribution in [0.3, 0.4) is 0 Å². The Hall–Kier alpha value is -3.15. The zero-order chi connectivity index (χ0) is 22.2. The number of nitrogens with zero attached hydrogens (tertiary/aromatic N) is 3. The van der Waals surface area contributed by atoms with Crippen molar-refractivity contribution in [3.8, 4) is 17.0 Å². The van der Waals surface area contributed by atoms with Gasteiger partial charge in [0.15, 0.2) is 11.6 Å². The first-order chi connectivity index (χ1) is 14.0. The molecule has 0 bridgehead atoms. The Labute approximate surface area is 172 Å². The number of phenols is 1. The third kappa shape index (κ3) is 4.22. The van der Waals surface area contributed by atoms with Gasteiger partial charge >= 0.3 is 10.2 Å². The summed E-state index contributed by atoms with van der Waals surface area (Å²) in [4.78, 5) is 27.9. The highest BCUT2D eigenvalue weighted by Gasteiger charge is 2.37. The molecule has 1 fully saturated rings. The topological polar surface area (TPSA) is 134 Å².